The monoisotopic (exact) mass is 395 g/mol. The van der Waals surface area contributed by atoms with E-state index in [1.165, 1.54) is 12.0 Å². The van der Waals surface area contributed by atoms with Crippen molar-refractivity contribution in [1.29, 1.82) is 0 Å². The van der Waals surface area contributed by atoms with Crippen molar-refractivity contribution in [2.45, 2.75) is 50.4 Å². The Hall–Kier alpha value is -2.20. The third kappa shape index (κ3) is 3.24. The number of aliphatic hydroxyl groups is 2. The van der Waals surface area contributed by atoms with Gasteiger partial charge in [0, 0.05) is 5.69 Å². The molecular formula is C19H25NO8. The van der Waals surface area contributed by atoms with Crippen LogP contribution in [0.3, 0.4) is 0 Å². The van der Waals surface area contributed by atoms with Crippen LogP contribution in [-0.2, 0) is 23.8 Å². The molecule has 4 atom stereocenters. The van der Waals surface area contributed by atoms with Crippen LogP contribution in [0.5, 0.6) is 5.75 Å². The van der Waals surface area contributed by atoms with Crippen molar-refractivity contribution >= 4 is 17.6 Å². The van der Waals surface area contributed by atoms with Gasteiger partial charge >= 0.3 is 5.97 Å². The molecule has 9 nitrogen and oxygen atoms in total. The first-order valence-corrected chi connectivity index (χ1v) is 9.02. The fraction of sp³-hybridized carbons (Fsp3) is 0.579. The number of ether oxygens (including phenoxy) is 4. The van der Waals surface area contributed by atoms with Gasteiger partial charge in [-0.25, -0.2) is 4.79 Å². The maximum absolute atomic E-state index is 12.9. The molecule has 0 bridgehead atoms. The number of nitrogens with zero attached hydrogens (tertiary/aromatic N) is 1. The van der Waals surface area contributed by atoms with Crippen molar-refractivity contribution < 1.29 is 38.7 Å². The van der Waals surface area contributed by atoms with Crippen LogP contribution >= 0.6 is 0 Å². The van der Waals surface area contributed by atoms with Gasteiger partial charge in [0.05, 0.1) is 20.3 Å². The number of esters is 1. The summed E-state index contributed by atoms with van der Waals surface area (Å²) in [4.78, 5) is 26.2. The minimum atomic E-state index is -2.39. The van der Waals surface area contributed by atoms with Gasteiger partial charge in [-0.3, -0.25) is 4.79 Å². The molecule has 2 fully saturated rings. The van der Waals surface area contributed by atoms with Crippen LogP contribution < -0.4 is 9.64 Å². The summed E-state index contributed by atoms with van der Waals surface area (Å²) in [6, 6.07) is 5.56. The van der Waals surface area contributed by atoms with Crippen LogP contribution in [0, 0.1) is 0 Å². The third-order valence-corrected chi connectivity index (χ3v) is 4.95. The van der Waals surface area contributed by atoms with Crippen molar-refractivity contribution in [2.24, 2.45) is 0 Å². The molecule has 1 aromatic carbocycles. The van der Waals surface area contributed by atoms with Crippen LogP contribution in [0.1, 0.15) is 20.8 Å². The SMILES string of the molecule is CCOC(=O)[C@@H](O)[C@]1(O)C(=O)N(c2ccc(OC)cc2)[C@H]1C1COC(C)(C)O1. The van der Waals surface area contributed by atoms with Crippen molar-refractivity contribution in [2.75, 3.05) is 25.2 Å². The molecule has 154 valence electrons. The van der Waals surface area contributed by atoms with Crippen molar-refractivity contribution in [3.05, 3.63) is 24.3 Å². The highest BCUT2D eigenvalue weighted by Gasteiger charge is 2.70. The summed E-state index contributed by atoms with van der Waals surface area (Å²) >= 11 is 0. The van der Waals surface area contributed by atoms with E-state index in [4.69, 9.17) is 18.9 Å². The van der Waals surface area contributed by atoms with E-state index in [0.717, 1.165) is 0 Å². The van der Waals surface area contributed by atoms with Crippen LogP contribution in [0.25, 0.3) is 0 Å². The number of methoxy groups -OCH3 is 1. The molecule has 0 radical (unpaired) electrons. The van der Waals surface area contributed by atoms with Gasteiger partial charge in [-0.15, -0.1) is 0 Å². The summed E-state index contributed by atoms with van der Waals surface area (Å²) in [6.45, 7) is 5.05. The number of hydrogen-bond donors (Lipinski definition) is 2. The van der Waals surface area contributed by atoms with E-state index in [0.29, 0.717) is 11.4 Å². The molecule has 0 aliphatic carbocycles. The summed E-state index contributed by atoms with van der Waals surface area (Å²) < 4.78 is 21.3. The van der Waals surface area contributed by atoms with E-state index < -0.39 is 41.5 Å². The van der Waals surface area contributed by atoms with E-state index in [-0.39, 0.29) is 13.2 Å². The van der Waals surface area contributed by atoms with Gasteiger partial charge in [-0.05, 0) is 45.0 Å². The van der Waals surface area contributed by atoms with E-state index in [2.05, 4.69) is 0 Å². The Balaban J connectivity index is 1.96. The summed E-state index contributed by atoms with van der Waals surface area (Å²) in [5, 5.41) is 21.5. The van der Waals surface area contributed by atoms with Crippen molar-refractivity contribution in [1.82, 2.24) is 0 Å². The smallest absolute Gasteiger partial charge is 0.338 e. The second kappa shape index (κ2) is 7.32. The van der Waals surface area contributed by atoms with E-state index in [9.17, 15) is 19.8 Å². The van der Waals surface area contributed by atoms with E-state index in [1.54, 1.807) is 45.0 Å². The second-order valence-corrected chi connectivity index (χ2v) is 7.17. The fourth-order valence-electron chi connectivity index (χ4n) is 3.60. The highest BCUT2D eigenvalue weighted by molar-refractivity contribution is 6.11. The maximum Gasteiger partial charge on any atom is 0.338 e. The van der Waals surface area contributed by atoms with Gasteiger partial charge in [0.25, 0.3) is 5.91 Å². The quantitative estimate of drug-likeness (QED) is 0.519. The molecule has 2 heterocycles. The summed E-state index contributed by atoms with van der Waals surface area (Å²) in [5.74, 6) is -2.23. The molecule has 9 heteroatoms. The number of carbonyl (C=O) groups excluding carboxylic acids is 2. The number of rotatable bonds is 6. The van der Waals surface area contributed by atoms with Gasteiger partial charge < -0.3 is 34.1 Å². The van der Waals surface area contributed by atoms with Gasteiger partial charge in [-0.1, -0.05) is 0 Å². The lowest BCUT2D eigenvalue weighted by Crippen LogP contribution is -2.83. The highest BCUT2D eigenvalue weighted by atomic mass is 16.7. The Morgan fingerprint density at radius 1 is 1.36 bits per heavy atom. The van der Waals surface area contributed by atoms with Crippen LogP contribution in [-0.4, -0.2) is 72.1 Å². The lowest BCUT2D eigenvalue weighted by Gasteiger charge is -2.55. The van der Waals surface area contributed by atoms with Crippen LogP contribution in [0.4, 0.5) is 5.69 Å². The molecule has 1 aromatic rings. The van der Waals surface area contributed by atoms with E-state index >= 15 is 0 Å². The summed E-state index contributed by atoms with van der Waals surface area (Å²) in [6.07, 6.45) is -2.81. The zero-order valence-electron chi connectivity index (χ0n) is 16.2. The van der Waals surface area contributed by atoms with Gasteiger partial charge in [0.1, 0.15) is 17.9 Å². The normalized spacial score (nSPS) is 29.9. The molecule has 2 aliphatic heterocycles. The standard InChI is InChI=1S/C19H25NO8/c1-5-26-16(22)15(21)19(24)14(13-10-27-18(2,3)28-13)20(17(19)23)11-6-8-12(25-4)9-7-11/h6-9,13-15,21,24H,5,10H2,1-4H3/t13?,14-,15+,19-/m0/s1. The summed E-state index contributed by atoms with van der Waals surface area (Å²) in [7, 11) is 1.52. The number of hydrogen-bond acceptors (Lipinski definition) is 8. The first-order chi connectivity index (χ1) is 13.2. The number of anilines is 1. The van der Waals surface area contributed by atoms with Crippen molar-refractivity contribution in [3.63, 3.8) is 0 Å². The molecule has 1 unspecified atom stereocenters. The van der Waals surface area contributed by atoms with Gasteiger partial charge in [0.2, 0.25) is 5.60 Å². The minimum absolute atomic E-state index is 0.00307. The molecule has 0 spiro atoms. The fourth-order valence-corrected chi connectivity index (χ4v) is 3.60. The van der Waals surface area contributed by atoms with Crippen LogP contribution in [0.2, 0.25) is 0 Å². The topological polar surface area (TPSA) is 115 Å². The molecular weight excluding hydrogens is 370 g/mol. The molecule has 28 heavy (non-hydrogen) atoms. The maximum atomic E-state index is 12.9. The zero-order chi connectivity index (χ0) is 20.7. The molecule has 2 N–H and O–H groups in total. The Kier molecular flexibility index (Phi) is 5.37. The third-order valence-electron chi connectivity index (χ3n) is 4.95. The Bertz CT molecular complexity index is 749. The lowest BCUT2D eigenvalue weighted by molar-refractivity contribution is -0.201. The molecule has 1 amide bonds. The Labute approximate surface area is 162 Å². The number of carbonyl (C=O) groups is 2. The molecule has 2 saturated heterocycles. The van der Waals surface area contributed by atoms with E-state index in [1.807, 2.05) is 0 Å². The van der Waals surface area contributed by atoms with Gasteiger partial charge in [-0.2, -0.15) is 0 Å². The molecule has 0 saturated carbocycles. The Morgan fingerprint density at radius 3 is 2.50 bits per heavy atom. The predicted molar refractivity (Wildman–Crippen MR) is 96.8 cm³/mol. The first-order valence-electron chi connectivity index (χ1n) is 9.02. The summed E-state index contributed by atoms with van der Waals surface area (Å²) in [5.41, 5.74) is -1.93. The molecule has 3 rings (SSSR count). The van der Waals surface area contributed by atoms with Gasteiger partial charge in [0.15, 0.2) is 11.9 Å². The minimum Gasteiger partial charge on any atom is -0.497 e. The predicted octanol–water partition coefficient (Wildman–Crippen LogP) is 0.217. The molecule has 2 aliphatic rings. The average Bonchev–Trinajstić information content (AvgIpc) is 3.03. The zero-order valence-corrected chi connectivity index (χ0v) is 16.2. The highest BCUT2D eigenvalue weighted by Crippen LogP contribution is 2.44. The number of benzene rings is 1. The first kappa shape index (κ1) is 20.5. The Morgan fingerprint density at radius 2 is 2.00 bits per heavy atom. The number of β-lactam (4-membered cyclic amide) rings is 1. The number of amides is 1. The molecule has 0 aromatic heterocycles. The largest absolute Gasteiger partial charge is 0.497 e. The lowest BCUT2D eigenvalue weighted by atomic mass is 9.74. The average molecular weight is 395 g/mol. The van der Waals surface area contributed by atoms with Crippen molar-refractivity contribution in [3.8, 4) is 5.75 Å². The van der Waals surface area contributed by atoms with Crippen LogP contribution in [0.15, 0.2) is 24.3 Å². The number of aliphatic hydroxyl groups excluding tert-OH is 1. The second-order valence-electron chi connectivity index (χ2n) is 7.17.